The first-order valence-corrected chi connectivity index (χ1v) is 7.28. The Balaban J connectivity index is 2.46. The Bertz CT molecular complexity index is 543. The zero-order valence-electron chi connectivity index (χ0n) is 11.5. The van der Waals surface area contributed by atoms with Crippen LogP contribution in [0.1, 0.15) is 31.7 Å². The largest absolute Gasteiger partial charge is 0.397 e. The number of benzene rings is 1. The molecule has 2 rings (SSSR count). The Hall–Kier alpha value is -1.29. The smallest absolute Gasteiger partial charge is 0.0907 e. The molecule has 0 aliphatic carbocycles. The minimum Gasteiger partial charge on any atom is -0.397 e. The average Bonchev–Trinajstić information content (AvgIpc) is 2.68. The maximum atomic E-state index is 6.18. The van der Waals surface area contributed by atoms with E-state index in [0.29, 0.717) is 6.04 Å². The van der Waals surface area contributed by atoms with Gasteiger partial charge < -0.3 is 10.6 Å². The Morgan fingerprint density at radius 3 is 2.61 bits per heavy atom. The van der Waals surface area contributed by atoms with E-state index in [9.17, 15) is 0 Å². The number of thiazole rings is 1. The van der Waals surface area contributed by atoms with Gasteiger partial charge in [0.2, 0.25) is 0 Å². The third-order valence-electron chi connectivity index (χ3n) is 3.51. The summed E-state index contributed by atoms with van der Waals surface area (Å²) < 4.78 is 1.17. The highest BCUT2D eigenvalue weighted by atomic mass is 32.1. The molecule has 0 atom stereocenters. The molecule has 4 heteroatoms. The lowest BCUT2D eigenvalue weighted by Crippen LogP contribution is -2.30. The van der Waals surface area contributed by atoms with E-state index in [1.807, 2.05) is 13.0 Å². The van der Waals surface area contributed by atoms with Crippen LogP contribution in [0.2, 0.25) is 0 Å². The minimum absolute atomic E-state index is 0.532. The molecule has 2 N–H and O–H groups in total. The number of hydrogen-bond acceptors (Lipinski definition) is 4. The molecule has 0 saturated heterocycles. The molecule has 2 aromatic rings. The summed E-state index contributed by atoms with van der Waals surface area (Å²) in [4.78, 5) is 6.83. The van der Waals surface area contributed by atoms with Crippen molar-refractivity contribution in [2.45, 2.75) is 39.7 Å². The predicted molar refractivity (Wildman–Crippen MR) is 81.5 cm³/mol. The molecule has 98 valence electrons. The molecule has 0 amide bonds. The Morgan fingerprint density at radius 1 is 1.33 bits per heavy atom. The van der Waals surface area contributed by atoms with Gasteiger partial charge >= 0.3 is 0 Å². The lowest BCUT2D eigenvalue weighted by Gasteiger charge is -2.29. The Labute approximate surface area is 113 Å². The lowest BCUT2D eigenvalue weighted by molar-refractivity contribution is 0.592. The predicted octanol–water partition coefficient (Wildman–Crippen LogP) is 3.81. The molecule has 1 aromatic heterocycles. The van der Waals surface area contributed by atoms with Gasteiger partial charge in [-0.05, 0) is 31.9 Å². The van der Waals surface area contributed by atoms with Gasteiger partial charge in [0.05, 0.1) is 26.6 Å². The zero-order valence-corrected chi connectivity index (χ0v) is 12.3. The van der Waals surface area contributed by atoms with Crippen LogP contribution >= 0.6 is 11.3 Å². The van der Waals surface area contributed by atoms with Gasteiger partial charge in [0.25, 0.3) is 0 Å². The molecule has 1 heterocycles. The maximum Gasteiger partial charge on any atom is 0.0907 e. The molecular formula is C14H21N3S. The second-order valence-electron chi connectivity index (χ2n) is 4.69. The third kappa shape index (κ3) is 2.29. The topological polar surface area (TPSA) is 42.2 Å². The second-order valence-corrected chi connectivity index (χ2v) is 5.93. The molecule has 1 aromatic carbocycles. The molecule has 0 radical (unpaired) electrons. The fourth-order valence-corrected chi connectivity index (χ4v) is 3.29. The van der Waals surface area contributed by atoms with Crippen LogP contribution in [0.15, 0.2) is 12.1 Å². The van der Waals surface area contributed by atoms with E-state index < -0.39 is 0 Å². The SMILES string of the molecule is CCC(CC)N(C)c1cc2nc(C)sc2cc1N. The monoisotopic (exact) mass is 263 g/mol. The first kappa shape index (κ1) is 13.1. The number of rotatable bonds is 4. The van der Waals surface area contributed by atoms with Crippen molar-refractivity contribution in [3.63, 3.8) is 0 Å². The van der Waals surface area contributed by atoms with Crippen LogP contribution in [0.3, 0.4) is 0 Å². The van der Waals surface area contributed by atoms with Gasteiger partial charge in [-0.2, -0.15) is 0 Å². The zero-order chi connectivity index (χ0) is 13.3. The molecule has 0 aliphatic rings. The Morgan fingerprint density at radius 2 is 2.00 bits per heavy atom. The first-order chi connectivity index (χ1) is 8.56. The van der Waals surface area contributed by atoms with E-state index >= 15 is 0 Å². The molecule has 3 nitrogen and oxygen atoms in total. The van der Waals surface area contributed by atoms with Crippen LogP contribution in [0.4, 0.5) is 11.4 Å². The van der Waals surface area contributed by atoms with Gasteiger partial charge in [0, 0.05) is 13.1 Å². The highest BCUT2D eigenvalue weighted by Gasteiger charge is 2.15. The van der Waals surface area contributed by atoms with Crippen molar-refractivity contribution in [2.24, 2.45) is 0 Å². The highest BCUT2D eigenvalue weighted by Crippen LogP contribution is 2.33. The van der Waals surface area contributed by atoms with Crippen LogP contribution in [-0.2, 0) is 0 Å². The van der Waals surface area contributed by atoms with Crippen LogP contribution < -0.4 is 10.6 Å². The first-order valence-electron chi connectivity index (χ1n) is 6.46. The highest BCUT2D eigenvalue weighted by molar-refractivity contribution is 7.18. The maximum absolute atomic E-state index is 6.18. The number of nitrogens with two attached hydrogens (primary N) is 1. The van der Waals surface area contributed by atoms with Crippen molar-refractivity contribution in [1.29, 1.82) is 0 Å². The standard InChI is InChI=1S/C14H21N3S/c1-5-10(6-2)17(4)13-8-12-14(7-11(13)15)18-9(3)16-12/h7-8,10H,5-6,15H2,1-4H3. The van der Waals surface area contributed by atoms with E-state index in [-0.39, 0.29) is 0 Å². The van der Waals surface area contributed by atoms with Crippen LogP contribution in [-0.4, -0.2) is 18.1 Å². The van der Waals surface area contributed by atoms with Gasteiger partial charge in [0.1, 0.15) is 0 Å². The fraction of sp³-hybridized carbons (Fsp3) is 0.500. The normalized spacial score (nSPS) is 11.4. The summed E-state index contributed by atoms with van der Waals surface area (Å²) >= 11 is 1.70. The fourth-order valence-electron chi connectivity index (χ4n) is 2.43. The average molecular weight is 263 g/mol. The van der Waals surface area contributed by atoms with Crippen molar-refractivity contribution >= 4 is 32.9 Å². The van der Waals surface area contributed by atoms with Gasteiger partial charge in [-0.1, -0.05) is 13.8 Å². The number of nitrogens with zero attached hydrogens (tertiary/aromatic N) is 2. The molecule has 0 spiro atoms. The third-order valence-corrected chi connectivity index (χ3v) is 4.45. The molecular weight excluding hydrogens is 242 g/mol. The number of fused-ring (bicyclic) bond motifs is 1. The minimum atomic E-state index is 0.532. The Kier molecular flexibility index (Phi) is 3.76. The van der Waals surface area contributed by atoms with E-state index in [4.69, 9.17) is 5.73 Å². The van der Waals surface area contributed by atoms with Gasteiger partial charge in [-0.15, -0.1) is 11.3 Å². The van der Waals surface area contributed by atoms with Crippen LogP contribution in [0, 0.1) is 6.92 Å². The summed E-state index contributed by atoms with van der Waals surface area (Å²) in [7, 11) is 2.12. The number of nitrogen functional groups attached to an aromatic ring is 1. The van der Waals surface area contributed by atoms with Gasteiger partial charge in [-0.25, -0.2) is 4.98 Å². The van der Waals surface area contributed by atoms with Crippen LogP contribution in [0.5, 0.6) is 0 Å². The van der Waals surface area contributed by atoms with E-state index in [1.54, 1.807) is 11.3 Å². The number of aryl methyl sites for hydroxylation is 1. The van der Waals surface area contributed by atoms with Crippen molar-refractivity contribution in [1.82, 2.24) is 4.98 Å². The number of aromatic nitrogens is 1. The summed E-state index contributed by atoms with van der Waals surface area (Å²) in [5.74, 6) is 0. The van der Waals surface area contributed by atoms with Crippen LogP contribution in [0.25, 0.3) is 10.2 Å². The van der Waals surface area contributed by atoms with E-state index in [1.165, 1.54) is 4.70 Å². The van der Waals surface area contributed by atoms with E-state index in [0.717, 1.165) is 34.7 Å². The second kappa shape index (κ2) is 5.14. The summed E-state index contributed by atoms with van der Waals surface area (Å²) in [5.41, 5.74) is 9.18. The molecule has 0 fully saturated rings. The van der Waals surface area contributed by atoms with Gasteiger partial charge in [-0.3, -0.25) is 0 Å². The molecule has 18 heavy (non-hydrogen) atoms. The summed E-state index contributed by atoms with van der Waals surface area (Å²) in [6.07, 6.45) is 2.25. The van der Waals surface area contributed by atoms with Crippen molar-refractivity contribution in [2.75, 3.05) is 17.7 Å². The molecule has 0 aliphatic heterocycles. The summed E-state index contributed by atoms with van der Waals surface area (Å²) in [5, 5.41) is 1.09. The lowest BCUT2D eigenvalue weighted by atomic mass is 10.1. The molecule has 0 unspecified atom stereocenters. The number of hydrogen-bond donors (Lipinski definition) is 1. The van der Waals surface area contributed by atoms with Gasteiger partial charge in [0.15, 0.2) is 0 Å². The van der Waals surface area contributed by atoms with E-state index in [2.05, 4.69) is 36.8 Å². The molecule has 0 saturated carbocycles. The number of anilines is 2. The summed E-state index contributed by atoms with van der Waals surface area (Å²) in [6, 6.07) is 4.70. The molecule has 0 bridgehead atoms. The van der Waals surface area contributed by atoms with Crippen molar-refractivity contribution < 1.29 is 0 Å². The quantitative estimate of drug-likeness (QED) is 0.853. The van der Waals surface area contributed by atoms with Crippen molar-refractivity contribution in [3.8, 4) is 0 Å². The summed E-state index contributed by atoms with van der Waals surface area (Å²) in [6.45, 7) is 6.46. The van der Waals surface area contributed by atoms with Crippen molar-refractivity contribution in [3.05, 3.63) is 17.1 Å².